The Bertz CT molecular complexity index is 316. The summed E-state index contributed by atoms with van der Waals surface area (Å²) in [6.07, 6.45) is 0. The van der Waals surface area contributed by atoms with Crippen LogP contribution in [0.1, 0.15) is 0 Å². The lowest BCUT2D eigenvalue weighted by Crippen LogP contribution is -1.99. The summed E-state index contributed by atoms with van der Waals surface area (Å²) < 4.78 is 23.0. The van der Waals surface area contributed by atoms with Crippen molar-refractivity contribution in [1.82, 2.24) is 0 Å². The third kappa shape index (κ3) is 2.11. The van der Waals surface area contributed by atoms with Crippen molar-refractivity contribution >= 4 is 22.7 Å². The van der Waals surface area contributed by atoms with Crippen LogP contribution < -0.4 is 15.7 Å². The highest BCUT2D eigenvalue weighted by Gasteiger charge is 2.00. The minimum atomic E-state index is -2.33. The summed E-state index contributed by atoms with van der Waals surface area (Å²) in [5.74, 6) is 0.211. The first-order valence-corrected chi connectivity index (χ1v) is 4.07. The highest BCUT2D eigenvalue weighted by molar-refractivity contribution is 7.74. The quantitative estimate of drug-likeness (QED) is 0.460. The Labute approximate surface area is 71.8 Å². The summed E-state index contributed by atoms with van der Waals surface area (Å²) in [5, 5.41) is 0. The van der Waals surface area contributed by atoms with Gasteiger partial charge in [0.2, 0.25) is 0 Å². The van der Waals surface area contributed by atoms with Gasteiger partial charge in [-0.3, -0.25) is 4.55 Å². The van der Waals surface area contributed by atoms with Crippen molar-refractivity contribution in [1.29, 1.82) is 0 Å². The molecule has 1 aromatic rings. The van der Waals surface area contributed by atoms with Gasteiger partial charge in [0.1, 0.15) is 5.75 Å². The zero-order valence-corrected chi connectivity index (χ0v) is 6.88. The first-order chi connectivity index (χ1) is 5.59. The van der Waals surface area contributed by atoms with Crippen molar-refractivity contribution in [3.8, 4) is 5.75 Å². The van der Waals surface area contributed by atoms with Gasteiger partial charge >= 0.3 is 11.4 Å². The molecule has 0 aliphatic heterocycles. The van der Waals surface area contributed by atoms with Gasteiger partial charge in [-0.2, -0.15) is 4.21 Å². The summed E-state index contributed by atoms with van der Waals surface area (Å²) in [7, 11) is 0. The van der Waals surface area contributed by atoms with Gasteiger partial charge in [0, 0.05) is 6.07 Å². The van der Waals surface area contributed by atoms with Gasteiger partial charge in [-0.15, -0.1) is 0 Å². The van der Waals surface area contributed by atoms with Crippen molar-refractivity contribution in [2.75, 3.05) is 11.5 Å². The molecule has 1 aromatic carbocycles. The van der Waals surface area contributed by atoms with Crippen LogP contribution in [0.25, 0.3) is 0 Å². The van der Waals surface area contributed by atoms with E-state index in [4.69, 9.17) is 16.0 Å². The maximum absolute atomic E-state index is 10.2. The number of nitrogen functional groups attached to an aromatic ring is 2. The SMILES string of the molecule is Nc1ccc(OS(=O)O)cc1N. The zero-order chi connectivity index (χ0) is 9.14. The van der Waals surface area contributed by atoms with Crippen LogP contribution in [0, 0.1) is 0 Å². The second-order valence-electron chi connectivity index (χ2n) is 2.09. The monoisotopic (exact) mass is 188 g/mol. The van der Waals surface area contributed by atoms with Crippen LogP contribution in [-0.2, 0) is 11.4 Å². The molecule has 6 heteroatoms. The van der Waals surface area contributed by atoms with Gasteiger partial charge < -0.3 is 15.7 Å². The van der Waals surface area contributed by atoms with E-state index in [-0.39, 0.29) is 5.75 Å². The van der Waals surface area contributed by atoms with Crippen LogP contribution in [0.15, 0.2) is 18.2 Å². The lowest BCUT2D eigenvalue weighted by atomic mass is 10.3. The van der Waals surface area contributed by atoms with E-state index in [9.17, 15) is 4.21 Å². The molecular weight excluding hydrogens is 180 g/mol. The summed E-state index contributed by atoms with van der Waals surface area (Å²) in [6, 6.07) is 4.33. The average molecular weight is 188 g/mol. The Morgan fingerprint density at radius 1 is 1.33 bits per heavy atom. The van der Waals surface area contributed by atoms with Crippen LogP contribution in [0.5, 0.6) is 5.75 Å². The Balaban J connectivity index is 2.89. The second-order valence-corrected chi connectivity index (χ2v) is 2.69. The minimum Gasteiger partial charge on any atom is -0.397 e. The summed E-state index contributed by atoms with van der Waals surface area (Å²) in [4.78, 5) is 0. The van der Waals surface area contributed by atoms with Gasteiger partial charge in [0.25, 0.3) is 0 Å². The molecular formula is C6H8N2O3S. The third-order valence-corrected chi connectivity index (χ3v) is 1.56. The fraction of sp³-hybridized carbons (Fsp3) is 0. The van der Waals surface area contributed by atoms with Crippen LogP contribution in [0.4, 0.5) is 11.4 Å². The number of hydrogen-bond donors (Lipinski definition) is 3. The largest absolute Gasteiger partial charge is 0.397 e. The van der Waals surface area contributed by atoms with E-state index in [1.807, 2.05) is 0 Å². The van der Waals surface area contributed by atoms with Crippen molar-refractivity contribution < 1.29 is 12.9 Å². The molecule has 1 unspecified atom stereocenters. The van der Waals surface area contributed by atoms with Crippen LogP contribution in [0.2, 0.25) is 0 Å². The molecule has 0 saturated carbocycles. The van der Waals surface area contributed by atoms with Crippen molar-refractivity contribution in [3.63, 3.8) is 0 Å². The van der Waals surface area contributed by atoms with E-state index >= 15 is 0 Å². The molecule has 1 atom stereocenters. The molecule has 0 aromatic heterocycles. The standard InChI is InChI=1S/C6H8N2O3S/c7-5-2-1-4(3-6(5)8)11-12(9)10/h1-3H,7-8H2,(H,9,10). The molecule has 1 rings (SSSR count). The molecule has 5 N–H and O–H groups in total. The fourth-order valence-corrected chi connectivity index (χ4v) is 0.955. The van der Waals surface area contributed by atoms with E-state index < -0.39 is 11.4 Å². The van der Waals surface area contributed by atoms with E-state index in [2.05, 4.69) is 4.18 Å². The molecule has 0 bridgehead atoms. The van der Waals surface area contributed by atoms with Gasteiger partial charge in [-0.25, -0.2) is 0 Å². The topological polar surface area (TPSA) is 98.6 Å². The number of hydrogen-bond acceptors (Lipinski definition) is 4. The Kier molecular flexibility index (Phi) is 2.51. The van der Waals surface area contributed by atoms with Crippen molar-refractivity contribution in [2.45, 2.75) is 0 Å². The molecule has 5 nitrogen and oxygen atoms in total. The summed E-state index contributed by atoms with van der Waals surface area (Å²) in [5.41, 5.74) is 11.5. The zero-order valence-electron chi connectivity index (χ0n) is 6.06. The first-order valence-electron chi connectivity index (χ1n) is 3.04. The van der Waals surface area contributed by atoms with Gasteiger partial charge in [-0.1, -0.05) is 0 Å². The maximum atomic E-state index is 10.2. The molecule has 0 aliphatic carbocycles. The molecule has 0 radical (unpaired) electrons. The number of benzene rings is 1. The van der Waals surface area contributed by atoms with Crippen LogP contribution >= 0.6 is 0 Å². The van der Waals surface area contributed by atoms with Crippen molar-refractivity contribution in [2.24, 2.45) is 0 Å². The lowest BCUT2D eigenvalue weighted by molar-refractivity contribution is 0.458. The molecule has 0 aliphatic rings. The number of rotatable bonds is 2. The minimum absolute atomic E-state index is 0.211. The van der Waals surface area contributed by atoms with Crippen LogP contribution in [0.3, 0.4) is 0 Å². The van der Waals surface area contributed by atoms with Gasteiger partial charge in [0.05, 0.1) is 11.4 Å². The van der Waals surface area contributed by atoms with E-state index in [0.29, 0.717) is 11.4 Å². The fourth-order valence-electron chi connectivity index (χ4n) is 0.687. The number of nitrogens with two attached hydrogens (primary N) is 2. The second kappa shape index (κ2) is 3.42. The molecule has 0 heterocycles. The first kappa shape index (κ1) is 8.82. The van der Waals surface area contributed by atoms with E-state index in [1.54, 1.807) is 0 Å². The van der Waals surface area contributed by atoms with Crippen LogP contribution in [-0.4, -0.2) is 8.76 Å². The Morgan fingerprint density at radius 3 is 2.50 bits per heavy atom. The van der Waals surface area contributed by atoms with Gasteiger partial charge in [0.15, 0.2) is 0 Å². The molecule has 0 fully saturated rings. The summed E-state index contributed by atoms with van der Waals surface area (Å²) in [6.45, 7) is 0. The normalized spacial score (nSPS) is 12.4. The molecule has 66 valence electrons. The molecule has 12 heavy (non-hydrogen) atoms. The van der Waals surface area contributed by atoms with Gasteiger partial charge in [-0.05, 0) is 12.1 Å². The molecule has 0 saturated heterocycles. The Hall–Kier alpha value is -1.27. The van der Waals surface area contributed by atoms with Crippen molar-refractivity contribution in [3.05, 3.63) is 18.2 Å². The maximum Gasteiger partial charge on any atom is 0.357 e. The summed E-state index contributed by atoms with van der Waals surface area (Å²) >= 11 is -2.33. The smallest absolute Gasteiger partial charge is 0.357 e. The van der Waals surface area contributed by atoms with E-state index in [0.717, 1.165) is 0 Å². The predicted octanol–water partition coefficient (Wildman–Crippen LogP) is 0.367. The highest BCUT2D eigenvalue weighted by Crippen LogP contribution is 2.21. The lowest BCUT2D eigenvalue weighted by Gasteiger charge is -2.02. The average Bonchev–Trinajstić information content (AvgIpc) is 1.96. The Morgan fingerprint density at radius 2 is 2.00 bits per heavy atom. The molecule has 0 amide bonds. The van der Waals surface area contributed by atoms with E-state index in [1.165, 1.54) is 18.2 Å². The molecule has 0 spiro atoms. The third-order valence-electron chi connectivity index (χ3n) is 1.23. The highest BCUT2D eigenvalue weighted by atomic mass is 32.2. The predicted molar refractivity (Wildman–Crippen MR) is 46.7 cm³/mol. The number of anilines is 2.